The fourth-order valence-corrected chi connectivity index (χ4v) is 3.34. The highest BCUT2D eigenvalue weighted by Gasteiger charge is 2.15. The Labute approximate surface area is 167 Å². The van der Waals surface area contributed by atoms with Gasteiger partial charge in [0, 0.05) is 0 Å². The summed E-state index contributed by atoms with van der Waals surface area (Å²) in [7, 11) is 0. The van der Waals surface area contributed by atoms with Crippen molar-refractivity contribution in [3.8, 4) is 0 Å². The maximum Gasteiger partial charge on any atom is 0.328 e. The van der Waals surface area contributed by atoms with Crippen LogP contribution in [0.3, 0.4) is 0 Å². The van der Waals surface area contributed by atoms with Crippen molar-refractivity contribution >= 4 is 33.7 Å². The first-order chi connectivity index (χ1) is 14.1. The maximum atomic E-state index is 12.3. The molecule has 0 aliphatic heterocycles. The van der Waals surface area contributed by atoms with Gasteiger partial charge < -0.3 is 10.1 Å². The highest BCUT2D eigenvalue weighted by molar-refractivity contribution is 5.87. The molecule has 7 heteroatoms. The number of nitrogens with zero attached hydrogens (tertiary/aromatic N) is 3. The third-order valence-corrected chi connectivity index (χ3v) is 4.73. The van der Waals surface area contributed by atoms with E-state index in [-0.39, 0.29) is 25.1 Å². The molecule has 0 saturated carbocycles. The Kier molecular flexibility index (Phi) is 5.20. The molecule has 0 fully saturated rings. The molecular formula is C22H20N4O3. The number of hydrogen-bond donors (Lipinski definition) is 1. The van der Waals surface area contributed by atoms with Crippen LogP contribution in [0.5, 0.6) is 0 Å². The SMILES string of the molecule is CC(NC(=O)COC(=O)Cn1nnc2ccccc21)c1cccc2ccccc12. The monoisotopic (exact) mass is 388 g/mol. The van der Waals surface area contributed by atoms with Crippen molar-refractivity contribution in [3.63, 3.8) is 0 Å². The smallest absolute Gasteiger partial charge is 0.328 e. The zero-order chi connectivity index (χ0) is 20.2. The lowest BCUT2D eigenvalue weighted by Gasteiger charge is -2.16. The van der Waals surface area contributed by atoms with Gasteiger partial charge in [-0.05, 0) is 35.4 Å². The van der Waals surface area contributed by atoms with Gasteiger partial charge in [-0.15, -0.1) is 5.10 Å². The van der Waals surface area contributed by atoms with Crippen LogP contribution in [0.25, 0.3) is 21.8 Å². The van der Waals surface area contributed by atoms with Gasteiger partial charge in [0.25, 0.3) is 5.91 Å². The quantitative estimate of drug-likeness (QED) is 0.513. The van der Waals surface area contributed by atoms with E-state index in [1.54, 1.807) is 0 Å². The molecule has 1 N–H and O–H groups in total. The number of carbonyl (C=O) groups excluding carboxylic acids is 2. The summed E-state index contributed by atoms with van der Waals surface area (Å²) in [6.07, 6.45) is 0. The molecule has 7 nitrogen and oxygen atoms in total. The number of ether oxygens (including phenoxy) is 1. The number of amides is 1. The van der Waals surface area contributed by atoms with Crippen molar-refractivity contribution in [3.05, 3.63) is 72.3 Å². The number of nitrogens with one attached hydrogen (secondary N) is 1. The van der Waals surface area contributed by atoms with E-state index in [1.807, 2.05) is 73.7 Å². The fourth-order valence-electron chi connectivity index (χ4n) is 3.34. The molecule has 146 valence electrons. The van der Waals surface area contributed by atoms with Gasteiger partial charge in [-0.1, -0.05) is 59.8 Å². The average Bonchev–Trinajstić information content (AvgIpc) is 3.14. The summed E-state index contributed by atoms with van der Waals surface area (Å²) in [6.45, 7) is 1.45. The second kappa shape index (κ2) is 8.10. The fraction of sp³-hybridized carbons (Fsp3) is 0.182. The van der Waals surface area contributed by atoms with Gasteiger partial charge in [-0.25, -0.2) is 4.68 Å². The number of esters is 1. The molecule has 1 amide bonds. The first-order valence-corrected chi connectivity index (χ1v) is 9.33. The van der Waals surface area contributed by atoms with Crippen LogP contribution in [0.1, 0.15) is 18.5 Å². The third-order valence-electron chi connectivity index (χ3n) is 4.73. The molecule has 1 aromatic heterocycles. The molecular weight excluding hydrogens is 368 g/mol. The summed E-state index contributed by atoms with van der Waals surface area (Å²) in [5, 5.41) is 13.0. The van der Waals surface area contributed by atoms with Crippen LogP contribution >= 0.6 is 0 Å². The summed E-state index contributed by atoms with van der Waals surface area (Å²) in [5.41, 5.74) is 2.44. The maximum absolute atomic E-state index is 12.3. The number of fused-ring (bicyclic) bond motifs is 2. The number of para-hydroxylation sites is 1. The molecule has 4 aromatic rings. The summed E-state index contributed by atoms with van der Waals surface area (Å²) in [5.74, 6) is -0.907. The Balaban J connectivity index is 1.34. The van der Waals surface area contributed by atoms with Crippen LogP contribution in [0, 0.1) is 0 Å². The first kappa shape index (κ1) is 18.6. The number of aromatic nitrogens is 3. The lowest BCUT2D eigenvalue weighted by Crippen LogP contribution is -2.31. The lowest BCUT2D eigenvalue weighted by atomic mass is 10.00. The molecule has 1 heterocycles. The number of benzene rings is 3. The van der Waals surface area contributed by atoms with E-state index >= 15 is 0 Å². The van der Waals surface area contributed by atoms with Crippen molar-refractivity contribution in [1.82, 2.24) is 20.3 Å². The highest BCUT2D eigenvalue weighted by Crippen LogP contribution is 2.23. The molecule has 0 saturated heterocycles. The Hall–Kier alpha value is -3.74. The molecule has 1 unspecified atom stereocenters. The molecule has 0 aliphatic rings. The van der Waals surface area contributed by atoms with Gasteiger partial charge in [0.15, 0.2) is 6.61 Å². The zero-order valence-corrected chi connectivity index (χ0v) is 15.9. The van der Waals surface area contributed by atoms with Crippen LogP contribution < -0.4 is 5.32 Å². The predicted octanol–water partition coefficient (Wildman–Crippen LogP) is 3.01. The molecule has 0 spiro atoms. The number of hydrogen-bond acceptors (Lipinski definition) is 5. The summed E-state index contributed by atoms with van der Waals surface area (Å²) in [4.78, 5) is 24.4. The zero-order valence-electron chi connectivity index (χ0n) is 15.9. The summed E-state index contributed by atoms with van der Waals surface area (Å²) in [6, 6.07) is 21.1. The molecule has 0 radical (unpaired) electrons. The summed E-state index contributed by atoms with van der Waals surface area (Å²) >= 11 is 0. The van der Waals surface area contributed by atoms with E-state index in [1.165, 1.54) is 4.68 Å². The number of carbonyl (C=O) groups is 2. The summed E-state index contributed by atoms with van der Waals surface area (Å²) < 4.78 is 6.56. The Morgan fingerprint density at radius 2 is 1.79 bits per heavy atom. The Morgan fingerprint density at radius 1 is 1.03 bits per heavy atom. The van der Waals surface area contributed by atoms with Gasteiger partial charge in [0.05, 0.1) is 11.6 Å². The van der Waals surface area contributed by atoms with Crippen molar-refractivity contribution in [2.24, 2.45) is 0 Å². The minimum atomic E-state index is -0.548. The highest BCUT2D eigenvalue weighted by atomic mass is 16.5. The molecule has 29 heavy (non-hydrogen) atoms. The van der Waals surface area contributed by atoms with Gasteiger partial charge in [0.2, 0.25) is 0 Å². The average molecular weight is 388 g/mol. The van der Waals surface area contributed by atoms with Gasteiger partial charge >= 0.3 is 5.97 Å². The minimum absolute atomic E-state index is 0.104. The normalized spacial score (nSPS) is 12.0. The lowest BCUT2D eigenvalue weighted by molar-refractivity contribution is -0.149. The van der Waals surface area contributed by atoms with Crippen LogP contribution in [-0.2, 0) is 20.9 Å². The van der Waals surface area contributed by atoms with Crippen molar-refractivity contribution < 1.29 is 14.3 Å². The van der Waals surface area contributed by atoms with E-state index < -0.39 is 5.97 Å². The van der Waals surface area contributed by atoms with Crippen LogP contribution in [0.15, 0.2) is 66.7 Å². The van der Waals surface area contributed by atoms with E-state index in [2.05, 4.69) is 15.6 Å². The second-order valence-electron chi connectivity index (χ2n) is 6.75. The molecule has 4 rings (SSSR count). The standard InChI is InChI=1S/C22H20N4O3/c1-15(17-10-6-8-16-7-2-3-9-18(16)17)23-21(27)14-29-22(28)13-26-20-12-5-4-11-19(20)24-25-26/h2-12,15H,13-14H2,1H3,(H,23,27). The Bertz CT molecular complexity index is 1180. The van der Waals surface area contributed by atoms with E-state index in [9.17, 15) is 9.59 Å². The third kappa shape index (κ3) is 4.08. The van der Waals surface area contributed by atoms with Gasteiger partial charge in [-0.2, -0.15) is 0 Å². The van der Waals surface area contributed by atoms with Crippen LogP contribution in [0.4, 0.5) is 0 Å². The van der Waals surface area contributed by atoms with Gasteiger partial charge in [0.1, 0.15) is 12.1 Å². The molecule has 3 aromatic carbocycles. The second-order valence-corrected chi connectivity index (χ2v) is 6.75. The van der Waals surface area contributed by atoms with E-state index in [4.69, 9.17) is 4.74 Å². The minimum Gasteiger partial charge on any atom is -0.454 e. The van der Waals surface area contributed by atoms with E-state index in [0.29, 0.717) is 5.52 Å². The van der Waals surface area contributed by atoms with Crippen molar-refractivity contribution in [1.29, 1.82) is 0 Å². The Morgan fingerprint density at radius 3 is 2.69 bits per heavy atom. The van der Waals surface area contributed by atoms with Crippen LogP contribution in [0.2, 0.25) is 0 Å². The van der Waals surface area contributed by atoms with Crippen LogP contribution in [-0.4, -0.2) is 33.5 Å². The molecule has 1 atom stereocenters. The van der Waals surface area contributed by atoms with Gasteiger partial charge in [-0.3, -0.25) is 9.59 Å². The first-order valence-electron chi connectivity index (χ1n) is 9.33. The molecule has 0 aliphatic carbocycles. The van der Waals surface area contributed by atoms with E-state index in [0.717, 1.165) is 21.9 Å². The molecule has 0 bridgehead atoms. The largest absolute Gasteiger partial charge is 0.454 e. The van der Waals surface area contributed by atoms with Crippen molar-refractivity contribution in [2.75, 3.05) is 6.61 Å². The van der Waals surface area contributed by atoms with Crippen molar-refractivity contribution in [2.45, 2.75) is 19.5 Å². The topological polar surface area (TPSA) is 86.1 Å². The predicted molar refractivity (Wildman–Crippen MR) is 109 cm³/mol. The number of rotatable bonds is 6.